The molecule has 0 spiro atoms. The Bertz CT molecular complexity index is 423. The monoisotopic (exact) mass is 261 g/mol. The van der Waals surface area contributed by atoms with Gasteiger partial charge in [-0.1, -0.05) is 18.2 Å². The van der Waals surface area contributed by atoms with Crippen molar-refractivity contribution in [3.8, 4) is 5.75 Å². The number of hydrogen-bond donors (Lipinski definition) is 1. The van der Waals surface area contributed by atoms with Crippen LogP contribution in [-0.4, -0.2) is 32.4 Å². The summed E-state index contributed by atoms with van der Waals surface area (Å²) < 4.78 is 11.9. The molecule has 3 rings (SSSR count). The van der Waals surface area contributed by atoms with Gasteiger partial charge in [-0.3, -0.25) is 0 Å². The maximum absolute atomic E-state index is 6.11. The number of hydrogen-bond acceptors (Lipinski definition) is 3. The molecule has 1 N–H and O–H groups in total. The van der Waals surface area contributed by atoms with Crippen LogP contribution >= 0.6 is 0 Å². The summed E-state index contributed by atoms with van der Waals surface area (Å²) in [6.45, 7) is 4.08. The topological polar surface area (TPSA) is 30.5 Å². The molecule has 3 atom stereocenters. The molecule has 2 heterocycles. The fourth-order valence-electron chi connectivity index (χ4n) is 3.56. The van der Waals surface area contributed by atoms with Crippen LogP contribution in [0.2, 0.25) is 0 Å². The van der Waals surface area contributed by atoms with Gasteiger partial charge in [-0.05, 0) is 38.4 Å². The first-order valence-corrected chi connectivity index (χ1v) is 7.24. The van der Waals surface area contributed by atoms with E-state index in [1.165, 1.54) is 5.56 Å². The molecule has 0 radical (unpaired) electrons. The molecule has 19 heavy (non-hydrogen) atoms. The summed E-state index contributed by atoms with van der Waals surface area (Å²) in [5.74, 6) is 1.07. The predicted molar refractivity (Wildman–Crippen MR) is 75.6 cm³/mol. The van der Waals surface area contributed by atoms with Gasteiger partial charge in [-0.2, -0.15) is 0 Å². The van der Waals surface area contributed by atoms with Crippen molar-refractivity contribution in [1.82, 2.24) is 5.32 Å². The minimum atomic E-state index is 0.224. The maximum atomic E-state index is 6.11. The Morgan fingerprint density at radius 1 is 1.37 bits per heavy atom. The van der Waals surface area contributed by atoms with Crippen molar-refractivity contribution in [1.29, 1.82) is 0 Å². The van der Waals surface area contributed by atoms with Crippen LogP contribution in [0.15, 0.2) is 24.3 Å². The van der Waals surface area contributed by atoms with Crippen molar-refractivity contribution in [2.45, 2.75) is 38.4 Å². The van der Waals surface area contributed by atoms with Crippen molar-refractivity contribution in [2.75, 3.05) is 20.2 Å². The van der Waals surface area contributed by atoms with Gasteiger partial charge >= 0.3 is 0 Å². The average Bonchev–Trinajstić information content (AvgIpc) is 2.94. The molecule has 0 bridgehead atoms. The second-order valence-electron chi connectivity index (χ2n) is 5.91. The molecule has 3 nitrogen and oxygen atoms in total. The zero-order chi connectivity index (χ0) is 13.3. The van der Waals surface area contributed by atoms with E-state index in [4.69, 9.17) is 9.47 Å². The molecule has 2 aliphatic heterocycles. The lowest BCUT2D eigenvalue weighted by Crippen LogP contribution is -2.41. The lowest BCUT2D eigenvalue weighted by atomic mass is 9.76. The Balaban J connectivity index is 1.71. The Labute approximate surface area is 115 Å². The van der Waals surface area contributed by atoms with Crippen molar-refractivity contribution in [3.05, 3.63) is 29.8 Å². The molecule has 0 amide bonds. The molecule has 0 saturated carbocycles. The van der Waals surface area contributed by atoms with E-state index < -0.39 is 0 Å². The van der Waals surface area contributed by atoms with Gasteiger partial charge in [0, 0.05) is 25.0 Å². The fourth-order valence-corrected chi connectivity index (χ4v) is 3.56. The highest BCUT2D eigenvalue weighted by Crippen LogP contribution is 2.42. The molecule has 1 aromatic carbocycles. The van der Waals surface area contributed by atoms with Gasteiger partial charge in [0.1, 0.15) is 11.9 Å². The summed E-state index contributed by atoms with van der Waals surface area (Å²) in [5, 5.41) is 3.34. The minimum absolute atomic E-state index is 0.224. The first-order valence-electron chi connectivity index (χ1n) is 7.24. The van der Waals surface area contributed by atoms with Gasteiger partial charge < -0.3 is 14.8 Å². The standard InChI is InChI=1S/C16H23NO2/c1-12-16(11-17-2,7-8-18-12)10-14-9-13-5-3-4-6-15(13)19-14/h3-6,12,14,17H,7-11H2,1-2H3. The Kier molecular flexibility index (Phi) is 3.50. The molecule has 3 heteroatoms. The van der Waals surface area contributed by atoms with Crippen LogP contribution in [0.1, 0.15) is 25.3 Å². The highest BCUT2D eigenvalue weighted by atomic mass is 16.5. The van der Waals surface area contributed by atoms with E-state index in [1.54, 1.807) is 0 Å². The number of para-hydroxylation sites is 1. The molecule has 3 unspecified atom stereocenters. The van der Waals surface area contributed by atoms with E-state index in [1.807, 2.05) is 13.1 Å². The molecule has 0 aromatic heterocycles. The SMILES string of the molecule is CNCC1(CC2Cc3ccccc3O2)CCOC1C. The Morgan fingerprint density at radius 3 is 2.89 bits per heavy atom. The number of benzene rings is 1. The van der Waals surface area contributed by atoms with Gasteiger partial charge in [0.2, 0.25) is 0 Å². The largest absolute Gasteiger partial charge is 0.490 e. The van der Waals surface area contributed by atoms with Crippen LogP contribution in [-0.2, 0) is 11.2 Å². The second kappa shape index (κ2) is 5.14. The fraction of sp³-hybridized carbons (Fsp3) is 0.625. The van der Waals surface area contributed by atoms with E-state index >= 15 is 0 Å². The van der Waals surface area contributed by atoms with Gasteiger partial charge in [0.25, 0.3) is 0 Å². The highest BCUT2D eigenvalue weighted by molar-refractivity contribution is 5.37. The summed E-state index contributed by atoms with van der Waals surface area (Å²) in [4.78, 5) is 0. The summed E-state index contributed by atoms with van der Waals surface area (Å²) >= 11 is 0. The molecule has 1 aromatic rings. The van der Waals surface area contributed by atoms with Gasteiger partial charge in [-0.15, -0.1) is 0 Å². The number of rotatable bonds is 4. The Hall–Kier alpha value is -1.06. The van der Waals surface area contributed by atoms with E-state index in [0.717, 1.165) is 38.2 Å². The van der Waals surface area contributed by atoms with Gasteiger partial charge in [-0.25, -0.2) is 0 Å². The summed E-state index contributed by atoms with van der Waals surface area (Å²) in [7, 11) is 2.02. The molecule has 1 fully saturated rings. The van der Waals surface area contributed by atoms with E-state index in [-0.39, 0.29) is 5.41 Å². The highest BCUT2D eigenvalue weighted by Gasteiger charge is 2.44. The third kappa shape index (κ3) is 2.37. The van der Waals surface area contributed by atoms with Crippen molar-refractivity contribution >= 4 is 0 Å². The van der Waals surface area contributed by atoms with Crippen LogP contribution in [0.25, 0.3) is 0 Å². The van der Waals surface area contributed by atoms with Crippen LogP contribution < -0.4 is 10.1 Å². The van der Waals surface area contributed by atoms with Crippen LogP contribution in [0.5, 0.6) is 5.75 Å². The Morgan fingerprint density at radius 2 is 2.21 bits per heavy atom. The first kappa shape index (κ1) is 12.9. The zero-order valence-corrected chi connectivity index (χ0v) is 11.8. The van der Waals surface area contributed by atoms with Crippen LogP contribution in [0, 0.1) is 5.41 Å². The quantitative estimate of drug-likeness (QED) is 0.903. The van der Waals surface area contributed by atoms with Crippen LogP contribution in [0.4, 0.5) is 0 Å². The summed E-state index contributed by atoms with van der Waals surface area (Å²) in [6, 6.07) is 8.39. The molecule has 1 saturated heterocycles. The normalized spacial score (nSPS) is 33.2. The number of ether oxygens (including phenoxy) is 2. The molecule has 2 aliphatic rings. The zero-order valence-electron chi connectivity index (χ0n) is 11.8. The smallest absolute Gasteiger partial charge is 0.123 e. The van der Waals surface area contributed by atoms with Crippen LogP contribution in [0.3, 0.4) is 0 Å². The predicted octanol–water partition coefficient (Wildman–Crippen LogP) is 2.39. The molecular formula is C16H23NO2. The average molecular weight is 261 g/mol. The second-order valence-corrected chi connectivity index (χ2v) is 5.91. The molecule has 104 valence electrons. The van der Waals surface area contributed by atoms with Crippen molar-refractivity contribution < 1.29 is 9.47 Å². The maximum Gasteiger partial charge on any atom is 0.123 e. The minimum Gasteiger partial charge on any atom is -0.490 e. The lowest BCUT2D eigenvalue weighted by molar-refractivity contribution is 0.0379. The van der Waals surface area contributed by atoms with E-state index in [9.17, 15) is 0 Å². The van der Waals surface area contributed by atoms with Crippen molar-refractivity contribution in [2.24, 2.45) is 5.41 Å². The summed E-state index contributed by atoms with van der Waals surface area (Å²) in [5.41, 5.74) is 1.57. The number of fused-ring (bicyclic) bond motifs is 1. The van der Waals surface area contributed by atoms with E-state index in [0.29, 0.717) is 12.2 Å². The van der Waals surface area contributed by atoms with Gasteiger partial charge in [0.15, 0.2) is 0 Å². The summed E-state index contributed by atoms with van der Waals surface area (Å²) in [6.07, 6.45) is 3.85. The van der Waals surface area contributed by atoms with Gasteiger partial charge in [0.05, 0.1) is 6.10 Å². The first-order chi connectivity index (χ1) is 9.23. The molecular weight excluding hydrogens is 238 g/mol. The lowest BCUT2D eigenvalue weighted by Gasteiger charge is -2.34. The third-order valence-corrected chi connectivity index (χ3v) is 4.71. The van der Waals surface area contributed by atoms with Crippen molar-refractivity contribution in [3.63, 3.8) is 0 Å². The number of nitrogens with one attached hydrogen (secondary N) is 1. The van der Waals surface area contributed by atoms with E-state index in [2.05, 4.69) is 30.4 Å². The molecule has 0 aliphatic carbocycles. The third-order valence-electron chi connectivity index (χ3n) is 4.71.